The summed E-state index contributed by atoms with van der Waals surface area (Å²) in [6.07, 6.45) is 0. The lowest BCUT2D eigenvalue weighted by Crippen LogP contribution is -2.53. The van der Waals surface area contributed by atoms with Crippen molar-refractivity contribution in [2.24, 2.45) is 0 Å². The molecule has 0 saturated carbocycles. The first-order chi connectivity index (χ1) is 10.2. The number of rotatable bonds is 4. The number of hydrogen-bond donors (Lipinski definition) is 1. The molecule has 21 heavy (non-hydrogen) atoms. The molecule has 0 bridgehead atoms. The molecule has 1 aliphatic rings. The fourth-order valence-corrected chi connectivity index (χ4v) is 2.35. The number of morpholine rings is 1. The molecule has 112 valence electrons. The summed E-state index contributed by atoms with van der Waals surface area (Å²) >= 11 is 0. The molecule has 1 saturated heterocycles. The fourth-order valence-electron chi connectivity index (χ4n) is 2.35. The van der Waals surface area contributed by atoms with E-state index in [1.54, 1.807) is 6.07 Å². The molecular weight excluding hydrogens is 273 g/mol. The summed E-state index contributed by atoms with van der Waals surface area (Å²) in [4.78, 5) is 14.0. The van der Waals surface area contributed by atoms with Crippen molar-refractivity contribution in [3.05, 3.63) is 35.1 Å². The molecule has 1 atom stereocenters. The van der Waals surface area contributed by atoms with E-state index < -0.39 is 5.82 Å². The second-order valence-corrected chi connectivity index (χ2v) is 4.88. The number of hydrogen-bond acceptors (Lipinski definition) is 4. The van der Waals surface area contributed by atoms with Gasteiger partial charge in [0.25, 0.3) is 0 Å². The normalized spacial score (nSPS) is 19.0. The maximum absolute atomic E-state index is 13.3. The summed E-state index contributed by atoms with van der Waals surface area (Å²) in [6, 6.07) is 5.93. The van der Waals surface area contributed by atoms with Gasteiger partial charge in [0.05, 0.1) is 18.8 Å². The first-order valence-corrected chi connectivity index (χ1v) is 6.93. The van der Waals surface area contributed by atoms with E-state index in [0.29, 0.717) is 32.8 Å². The van der Waals surface area contributed by atoms with Crippen LogP contribution in [0.5, 0.6) is 0 Å². The van der Waals surface area contributed by atoms with Gasteiger partial charge >= 0.3 is 0 Å². The molecule has 0 aliphatic carbocycles. The topological polar surface area (TPSA) is 65.4 Å². The molecule has 1 heterocycles. The van der Waals surface area contributed by atoms with E-state index in [2.05, 4.69) is 5.32 Å². The van der Waals surface area contributed by atoms with Crippen LogP contribution in [0, 0.1) is 17.1 Å². The van der Waals surface area contributed by atoms with Crippen molar-refractivity contribution in [2.75, 3.05) is 26.3 Å². The number of nitrogens with zero attached hydrogens (tertiary/aromatic N) is 2. The number of nitrogens with one attached hydrogen (secondary N) is 1. The van der Waals surface area contributed by atoms with Gasteiger partial charge in [0, 0.05) is 19.6 Å². The predicted octanol–water partition coefficient (Wildman–Crippen LogP) is 1.03. The lowest BCUT2D eigenvalue weighted by atomic mass is 10.1. The maximum Gasteiger partial charge on any atom is 0.239 e. The van der Waals surface area contributed by atoms with Crippen LogP contribution in [-0.4, -0.2) is 43.2 Å². The van der Waals surface area contributed by atoms with Gasteiger partial charge in [0.15, 0.2) is 0 Å². The Labute approximate surface area is 123 Å². The minimum atomic E-state index is -0.525. The van der Waals surface area contributed by atoms with Gasteiger partial charge in [0.2, 0.25) is 5.91 Å². The fraction of sp³-hybridized carbons (Fsp3) is 0.467. The highest BCUT2D eigenvalue weighted by atomic mass is 19.1. The highest BCUT2D eigenvalue weighted by Crippen LogP contribution is 2.15. The lowest BCUT2D eigenvalue weighted by Gasteiger charge is -2.34. The van der Waals surface area contributed by atoms with E-state index in [9.17, 15) is 9.18 Å². The smallest absolute Gasteiger partial charge is 0.239 e. The minimum Gasteiger partial charge on any atom is -0.378 e. The van der Waals surface area contributed by atoms with E-state index in [1.165, 1.54) is 12.1 Å². The van der Waals surface area contributed by atoms with Gasteiger partial charge in [-0.25, -0.2) is 4.39 Å². The third-order valence-corrected chi connectivity index (χ3v) is 3.43. The minimum absolute atomic E-state index is 0.0234. The molecule has 2 rings (SSSR count). The number of carbonyl (C=O) groups excluding carboxylic acids is 1. The number of likely N-dealkylation sites (N-methyl/N-ethyl adjacent to an activating group) is 1. The summed E-state index contributed by atoms with van der Waals surface area (Å²) in [5, 5.41) is 11.7. The Bertz CT molecular complexity index is 556. The van der Waals surface area contributed by atoms with Crippen molar-refractivity contribution >= 4 is 5.91 Å². The molecule has 5 nitrogen and oxygen atoms in total. The van der Waals surface area contributed by atoms with Crippen LogP contribution in [-0.2, 0) is 16.1 Å². The van der Waals surface area contributed by atoms with Crippen LogP contribution in [0.3, 0.4) is 0 Å². The van der Waals surface area contributed by atoms with Crippen LogP contribution in [0.1, 0.15) is 18.1 Å². The van der Waals surface area contributed by atoms with Crippen molar-refractivity contribution in [1.82, 2.24) is 10.2 Å². The van der Waals surface area contributed by atoms with Crippen LogP contribution in [0.15, 0.2) is 18.2 Å². The summed E-state index contributed by atoms with van der Waals surface area (Å²) < 4.78 is 18.7. The summed E-state index contributed by atoms with van der Waals surface area (Å²) in [5.74, 6) is -0.594. The van der Waals surface area contributed by atoms with E-state index >= 15 is 0 Å². The molecule has 1 N–H and O–H groups in total. The SMILES string of the molecule is CCNC(=O)C1COCCN1Cc1ccc(F)c(C#N)c1. The van der Waals surface area contributed by atoms with Gasteiger partial charge in [-0.05, 0) is 24.6 Å². The summed E-state index contributed by atoms with van der Waals surface area (Å²) in [6.45, 7) is 4.45. The number of ether oxygens (including phenoxy) is 1. The van der Waals surface area contributed by atoms with Gasteiger partial charge in [0.1, 0.15) is 17.9 Å². The zero-order valence-electron chi connectivity index (χ0n) is 11.9. The van der Waals surface area contributed by atoms with Gasteiger partial charge in [-0.3, -0.25) is 9.69 Å². The van der Waals surface area contributed by atoms with Crippen molar-refractivity contribution in [1.29, 1.82) is 5.26 Å². The van der Waals surface area contributed by atoms with Gasteiger partial charge in [-0.1, -0.05) is 6.07 Å². The van der Waals surface area contributed by atoms with E-state index in [1.807, 2.05) is 17.9 Å². The average Bonchev–Trinajstić information content (AvgIpc) is 2.50. The Hall–Kier alpha value is -1.97. The average molecular weight is 291 g/mol. The Morgan fingerprint density at radius 3 is 3.14 bits per heavy atom. The first-order valence-electron chi connectivity index (χ1n) is 6.93. The third-order valence-electron chi connectivity index (χ3n) is 3.43. The van der Waals surface area contributed by atoms with Crippen LogP contribution >= 0.6 is 0 Å². The Morgan fingerprint density at radius 2 is 2.43 bits per heavy atom. The second-order valence-electron chi connectivity index (χ2n) is 4.88. The number of halogens is 1. The van der Waals surface area contributed by atoms with Crippen molar-refractivity contribution in [3.8, 4) is 6.07 Å². The largest absolute Gasteiger partial charge is 0.378 e. The number of carbonyl (C=O) groups is 1. The zero-order chi connectivity index (χ0) is 15.2. The number of amides is 1. The molecular formula is C15H18FN3O2. The highest BCUT2D eigenvalue weighted by Gasteiger charge is 2.29. The molecule has 0 spiro atoms. The van der Waals surface area contributed by atoms with Crippen LogP contribution < -0.4 is 5.32 Å². The molecule has 1 unspecified atom stereocenters. The summed E-state index contributed by atoms with van der Waals surface area (Å²) in [5.41, 5.74) is 0.833. The van der Waals surface area contributed by atoms with Crippen LogP contribution in [0.4, 0.5) is 4.39 Å². The zero-order valence-corrected chi connectivity index (χ0v) is 11.9. The van der Waals surface area contributed by atoms with Crippen molar-refractivity contribution in [2.45, 2.75) is 19.5 Å². The lowest BCUT2D eigenvalue weighted by molar-refractivity contribution is -0.132. The molecule has 1 aromatic carbocycles. The molecule has 1 aromatic rings. The monoisotopic (exact) mass is 291 g/mol. The predicted molar refractivity (Wildman–Crippen MR) is 74.8 cm³/mol. The highest BCUT2D eigenvalue weighted by molar-refractivity contribution is 5.81. The van der Waals surface area contributed by atoms with E-state index in [-0.39, 0.29) is 17.5 Å². The molecule has 1 amide bonds. The molecule has 6 heteroatoms. The molecule has 0 aromatic heterocycles. The Balaban J connectivity index is 2.12. The number of nitriles is 1. The Morgan fingerprint density at radius 1 is 1.62 bits per heavy atom. The van der Waals surface area contributed by atoms with Crippen LogP contribution in [0.2, 0.25) is 0 Å². The van der Waals surface area contributed by atoms with Gasteiger partial charge < -0.3 is 10.1 Å². The van der Waals surface area contributed by atoms with Gasteiger partial charge in [-0.15, -0.1) is 0 Å². The second kappa shape index (κ2) is 7.16. The Kier molecular flexibility index (Phi) is 5.26. The van der Waals surface area contributed by atoms with Gasteiger partial charge in [-0.2, -0.15) is 5.26 Å². The van der Waals surface area contributed by atoms with E-state index in [4.69, 9.17) is 10.00 Å². The maximum atomic E-state index is 13.3. The molecule has 0 radical (unpaired) electrons. The van der Waals surface area contributed by atoms with Crippen LogP contribution in [0.25, 0.3) is 0 Å². The third kappa shape index (κ3) is 3.78. The van der Waals surface area contributed by atoms with Crippen molar-refractivity contribution < 1.29 is 13.9 Å². The summed E-state index contributed by atoms with van der Waals surface area (Å²) in [7, 11) is 0. The molecule has 1 fully saturated rings. The quantitative estimate of drug-likeness (QED) is 0.900. The van der Waals surface area contributed by atoms with E-state index in [0.717, 1.165) is 5.56 Å². The number of benzene rings is 1. The first kappa shape index (κ1) is 15.4. The molecule has 1 aliphatic heterocycles. The van der Waals surface area contributed by atoms with Crippen molar-refractivity contribution in [3.63, 3.8) is 0 Å². The standard InChI is InChI=1S/C15H18FN3O2/c1-2-18-15(20)14-10-21-6-5-19(14)9-11-3-4-13(16)12(7-11)8-17/h3-4,7,14H,2,5-6,9-10H2,1H3,(H,18,20).